The topological polar surface area (TPSA) is 3.24 Å². The Morgan fingerprint density at radius 3 is 1.15 bits per heavy atom. The highest BCUT2D eigenvalue weighted by Crippen LogP contribution is 2.11. The van der Waals surface area contributed by atoms with Crippen molar-refractivity contribution >= 4 is 15.9 Å². The summed E-state index contributed by atoms with van der Waals surface area (Å²) in [7, 11) is 4.11. The van der Waals surface area contributed by atoms with Gasteiger partial charge >= 0.3 is 0 Å². The molecule has 0 radical (unpaired) electrons. The van der Waals surface area contributed by atoms with E-state index in [1.807, 2.05) is 0 Å². The molecule has 0 rings (SSSR count). The molecule has 124 valence electrons. The maximum atomic E-state index is 3.47. The van der Waals surface area contributed by atoms with E-state index in [0.717, 1.165) is 6.54 Å². The third-order valence-electron chi connectivity index (χ3n) is 3.62. The second-order valence-electron chi connectivity index (χ2n) is 5.97. The van der Waals surface area contributed by atoms with Crippen LogP contribution in [0.25, 0.3) is 0 Å². The number of unbranched alkanes of at least 4 members (excludes halogenated alkanes) is 11. The van der Waals surface area contributed by atoms with Gasteiger partial charge in [-0.3, -0.25) is 0 Å². The highest BCUT2D eigenvalue weighted by molar-refractivity contribution is 9.09. The average Bonchev–Trinajstić information content (AvgIpc) is 2.45. The van der Waals surface area contributed by atoms with E-state index in [9.17, 15) is 0 Å². The molecule has 0 saturated heterocycles. The molecule has 0 amide bonds. The van der Waals surface area contributed by atoms with Gasteiger partial charge in [0.2, 0.25) is 0 Å². The Kier molecular flexibility index (Phi) is 24.7. The molecule has 0 bridgehead atoms. The van der Waals surface area contributed by atoms with Crippen molar-refractivity contribution in [3.63, 3.8) is 0 Å². The summed E-state index contributed by atoms with van der Waals surface area (Å²) in [5, 5.41) is 1.18. The van der Waals surface area contributed by atoms with Crippen molar-refractivity contribution < 1.29 is 0 Å². The first-order chi connectivity index (χ1) is 9.68. The Labute approximate surface area is 138 Å². The monoisotopic (exact) mass is 349 g/mol. The second kappa shape index (κ2) is 21.7. The van der Waals surface area contributed by atoms with E-state index >= 15 is 0 Å². The smallest absolute Gasteiger partial charge is 0.00313 e. The Bertz CT molecular complexity index is 136. The van der Waals surface area contributed by atoms with Crippen LogP contribution in [0, 0.1) is 0 Å². The molecule has 0 fully saturated rings. The summed E-state index contributed by atoms with van der Waals surface area (Å²) in [5.74, 6) is 0. The summed E-state index contributed by atoms with van der Waals surface area (Å²) in [6.07, 6.45) is 17.3. The van der Waals surface area contributed by atoms with E-state index in [1.165, 1.54) is 82.4 Å². The summed E-state index contributed by atoms with van der Waals surface area (Å²) >= 11 is 3.47. The summed E-state index contributed by atoms with van der Waals surface area (Å²) in [5.41, 5.74) is 0. The molecule has 0 unspecified atom stereocenters. The summed E-state index contributed by atoms with van der Waals surface area (Å²) < 4.78 is 0. The lowest BCUT2D eigenvalue weighted by Gasteiger charge is -2.01. The first kappa shape index (κ1) is 22.7. The maximum Gasteiger partial charge on any atom is 0.00313 e. The van der Waals surface area contributed by atoms with Crippen LogP contribution in [-0.2, 0) is 0 Å². The Hall–Kier alpha value is 0.440. The van der Waals surface area contributed by atoms with Crippen LogP contribution >= 0.6 is 15.9 Å². The molecular formula is C18H40BrN. The molecule has 0 atom stereocenters. The number of alkyl halides is 1. The van der Waals surface area contributed by atoms with Gasteiger partial charge in [-0.2, -0.15) is 0 Å². The minimum atomic E-state index is 1.14. The molecule has 0 aliphatic heterocycles. The third-order valence-corrected chi connectivity index (χ3v) is 4.18. The van der Waals surface area contributed by atoms with Crippen molar-refractivity contribution in [2.75, 3.05) is 26.0 Å². The molecule has 0 aliphatic carbocycles. The fourth-order valence-electron chi connectivity index (χ4n) is 1.94. The minimum Gasteiger partial charge on any atom is -0.310 e. The molecule has 0 heterocycles. The zero-order chi connectivity index (χ0) is 15.5. The van der Waals surface area contributed by atoms with E-state index in [2.05, 4.69) is 48.8 Å². The maximum absolute atomic E-state index is 3.47. The number of halogens is 1. The van der Waals surface area contributed by atoms with E-state index in [0.29, 0.717) is 0 Å². The van der Waals surface area contributed by atoms with Gasteiger partial charge in [0.15, 0.2) is 0 Å². The zero-order valence-corrected chi connectivity index (χ0v) is 16.3. The van der Waals surface area contributed by atoms with Crippen molar-refractivity contribution in [3.05, 3.63) is 0 Å². The summed E-state index contributed by atoms with van der Waals surface area (Å²) in [4.78, 5) is 2.12. The molecule has 0 aromatic carbocycles. The van der Waals surface area contributed by atoms with Crippen LogP contribution in [0.3, 0.4) is 0 Å². The van der Waals surface area contributed by atoms with Gasteiger partial charge in [-0.1, -0.05) is 100 Å². The molecule has 2 heteroatoms. The second-order valence-corrected chi connectivity index (χ2v) is 6.77. The average molecular weight is 350 g/mol. The highest BCUT2D eigenvalue weighted by Gasteiger charge is 1.92. The Balaban J connectivity index is 0. The minimum absolute atomic E-state index is 1.14. The molecule has 0 saturated carbocycles. The van der Waals surface area contributed by atoms with Crippen LogP contribution in [0.5, 0.6) is 0 Å². The third kappa shape index (κ3) is 26.9. The number of rotatable bonds is 13. The van der Waals surface area contributed by atoms with E-state index in [4.69, 9.17) is 0 Å². The lowest BCUT2D eigenvalue weighted by molar-refractivity contribution is 0.434. The molecule has 0 aromatic heterocycles. The van der Waals surface area contributed by atoms with Crippen molar-refractivity contribution in [1.29, 1.82) is 0 Å². The lowest BCUT2D eigenvalue weighted by Crippen LogP contribution is -2.08. The Morgan fingerprint density at radius 1 is 0.600 bits per heavy atom. The first-order valence-corrected chi connectivity index (χ1v) is 10.0. The standard InChI is InChI=1S/C14H29Br.C4H11N/c1-2-3-4-5-6-7-8-9-10-11-12-13-14-15;1-4-5(2)3/h2-14H2,1H3;4H2,1-3H3. The lowest BCUT2D eigenvalue weighted by atomic mass is 10.1. The van der Waals surface area contributed by atoms with Crippen LogP contribution in [0.4, 0.5) is 0 Å². The van der Waals surface area contributed by atoms with Gasteiger partial charge in [0.1, 0.15) is 0 Å². The SMILES string of the molecule is CCCCCCCCCCCCCCBr.CCN(C)C. The van der Waals surface area contributed by atoms with Crippen LogP contribution in [0.2, 0.25) is 0 Å². The van der Waals surface area contributed by atoms with Gasteiger partial charge in [0, 0.05) is 5.33 Å². The van der Waals surface area contributed by atoms with Crippen LogP contribution in [-0.4, -0.2) is 30.9 Å². The predicted octanol–water partition coefficient (Wildman–Crippen LogP) is 6.65. The molecule has 0 spiro atoms. The van der Waals surface area contributed by atoms with Gasteiger partial charge in [0.25, 0.3) is 0 Å². The van der Waals surface area contributed by atoms with E-state index < -0.39 is 0 Å². The van der Waals surface area contributed by atoms with Crippen molar-refractivity contribution in [2.45, 2.75) is 90.9 Å². The van der Waals surface area contributed by atoms with Crippen LogP contribution in [0.1, 0.15) is 90.9 Å². The largest absolute Gasteiger partial charge is 0.310 e. The number of hydrogen-bond donors (Lipinski definition) is 0. The van der Waals surface area contributed by atoms with Gasteiger partial charge < -0.3 is 4.90 Å². The van der Waals surface area contributed by atoms with Crippen molar-refractivity contribution in [1.82, 2.24) is 4.90 Å². The van der Waals surface area contributed by atoms with E-state index in [1.54, 1.807) is 0 Å². The Morgan fingerprint density at radius 2 is 0.900 bits per heavy atom. The van der Waals surface area contributed by atoms with Crippen LogP contribution in [0.15, 0.2) is 0 Å². The molecule has 0 aromatic rings. The molecule has 0 aliphatic rings. The molecule has 1 nitrogen and oxygen atoms in total. The highest BCUT2D eigenvalue weighted by atomic mass is 79.9. The van der Waals surface area contributed by atoms with Gasteiger partial charge in [-0.05, 0) is 27.1 Å². The van der Waals surface area contributed by atoms with Gasteiger partial charge in [0.05, 0.1) is 0 Å². The normalized spacial score (nSPS) is 10.5. The van der Waals surface area contributed by atoms with Crippen molar-refractivity contribution in [2.24, 2.45) is 0 Å². The fourth-order valence-corrected chi connectivity index (χ4v) is 2.33. The summed E-state index contributed by atoms with van der Waals surface area (Å²) in [6, 6.07) is 0. The van der Waals surface area contributed by atoms with E-state index in [-0.39, 0.29) is 0 Å². The van der Waals surface area contributed by atoms with Gasteiger partial charge in [-0.15, -0.1) is 0 Å². The number of nitrogens with zero attached hydrogens (tertiary/aromatic N) is 1. The molecule has 0 N–H and O–H groups in total. The summed E-state index contributed by atoms with van der Waals surface area (Å²) in [6.45, 7) is 5.55. The fraction of sp³-hybridized carbons (Fsp3) is 1.00. The quantitative estimate of drug-likeness (QED) is 0.265. The molecule has 20 heavy (non-hydrogen) atoms. The van der Waals surface area contributed by atoms with Gasteiger partial charge in [-0.25, -0.2) is 0 Å². The first-order valence-electron chi connectivity index (χ1n) is 8.89. The molecular weight excluding hydrogens is 310 g/mol. The predicted molar refractivity (Wildman–Crippen MR) is 99.1 cm³/mol. The van der Waals surface area contributed by atoms with Crippen molar-refractivity contribution in [3.8, 4) is 0 Å². The van der Waals surface area contributed by atoms with Crippen LogP contribution < -0.4 is 0 Å². The number of hydrogen-bond acceptors (Lipinski definition) is 1. The zero-order valence-electron chi connectivity index (χ0n) is 14.7.